The number of hydrogen-bond acceptors (Lipinski definition) is 5. The van der Waals surface area contributed by atoms with Crippen LogP contribution in [0.1, 0.15) is 5.56 Å². The molecule has 1 N–H and O–H groups in total. The predicted octanol–water partition coefficient (Wildman–Crippen LogP) is 2.58. The van der Waals surface area contributed by atoms with Crippen LogP contribution in [-0.2, 0) is 25.6 Å². The number of sulfone groups is 1. The van der Waals surface area contributed by atoms with E-state index in [2.05, 4.69) is 5.32 Å². The summed E-state index contributed by atoms with van der Waals surface area (Å²) in [6, 6.07) is 9.92. The molecule has 0 saturated carbocycles. The van der Waals surface area contributed by atoms with Gasteiger partial charge in [-0.1, -0.05) is 12.1 Å². The molecule has 2 aromatic rings. The number of amides is 2. The number of benzene rings is 2. The maximum absolute atomic E-state index is 13.0. The quantitative estimate of drug-likeness (QED) is 0.709. The number of alkyl halides is 3. The third-order valence-corrected chi connectivity index (χ3v) is 5.06. The number of carbonyl (C=O) groups excluding carboxylic acids is 2. The molecule has 2 rings (SSSR count). The average molecular weight is 444 g/mol. The van der Waals surface area contributed by atoms with Crippen LogP contribution in [0.25, 0.3) is 0 Å². The van der Waals surface area contributed by atoms with E-state index in [1.54, 1.807) is 0 Å². The van der Waals surface area contributed by atoms with Crippen molar-refractivity contribution in [3.63, 3.8) is 0 Å². The van der Waals surface area contributed by atoms with E-state index in [4.69, 9.17) is 4.74 Å². The summed E-state index contributed by atoms with van der Waals surface area (Å²) in [4.78, 5) is 25.2. The van der Waals surface area contributed by atoms with Crippen LogP contribution in [0, 0.1) is 0 Å². The van der Waals surface area contributed by atoms with E-state index in [1.165, 1.54) is 43.4 Å². The summed E-state index contributed by atoms with van der Waals surface area (Å²) in [5.74, 6) is -1.16. The number of likely N-dealkylation sites (N-methyl/N-ethyl adjacent to an activating group) is 1. The van der Waals surface area contributed by atoms with Crippen LogP contribution in [0.15, 0.2) is 53.4 Å². The van der Waals surface area contributed by atoms with Gasteiger partial charge in [0.1, 0.15) is 5.75 Å². The molecule has 0 spiro atoms. The molecule has 0 saturated heterocycles. The van der Waals surface area contributed by atoms with Crippen LogP contribution in [0.4, 0.5) is 18.9 Å². The second-order valence-electron chi connectivity index (χ2n) is 6.37. The third-order valence-electron chi connectivity index (χ3n) is 3.93. The largest absolute Gasteiger partial charge is 0.484 e. The van der Waals surface area contributed by atoms with Crippen LogP contribution in [0.3, 0.4) is 0 Å². The molecular formula is C19H19F3N2O5S. The van der Waals surface area contributed by atoms with Gasteiger partial charge in [0, 0.05) is 13.3 Å². The fourth-order valence-electron chi connectivity index (χ4n) is 2.37. The Kier molecular flexibility index (Phi) is 7.08. The normalized spacial score (nSPS) is 11.6. The van der Waals surface area contributed by atoms with Crippen LogP contribution >= 0.6 is 0 Å². The number of hydrogen-bond donors (Lipinski definition) is 1. The highest BCUT2D eigenvalue weighted by Gasteiger charge is 2.33. The molecule has 0 aliphatic rings. The van der Waals surface area contributed by atoms with E-state index < -0.39 is 52.2 Å². The topological polar surface area (TPSA) is 92.8 Å². The van der Waals surface area contributed by atoms with E-state index in [0.29, 0.717) is 0 Å². The summed E-state index contributed by atoms with van der Waals surface area (Å²) in [6.07, 6.45) is -3.58. The predicted molar refractivity (Wildman–Crippen MR) is 103 cm³/mol. The molecule has 7 nitrogen and oxygen atoms in total. The standard InChI is InChI=1S/C19H19F3N2O5S/c1-24(11-17(25)23-16-6-4-3-5-15(16)19(20,21)22)18(26)12-29-13-7-9-14(10-8-13)30(2,27)28/h3-10H,11-12H2,1-2H3,(H,23,25). The van der Waals surface area contributed by atoms with Gasteiger partial charge in [-0.25, -0.2) is 8.42 Å². The maximum Gasteiger partial charge on any atom is 0.418 e. The van der Waals surface area contributed by atoms with Gasteiger partial charge in [-0.3, -0.25) is 9.59 Å². The average Bonchev–Trinajstić information content (AvgIpc) is 2.65. The first-order chi connectivity index (χ1) is 13.9. The smallest absolute Gasteiger partial charge is 0.418 e. The molecule has 0 aliphatic heterocycles. The van der Waals surface area contributed by atoms with Crippen LogP contribution in [0.2, 0.25) is 0 Å². The summed E-state index contributed by atoms with van der Waals surface area (Å²) in [6.45, 7) is -0.928. The zero-order valence-electron chi connectivity index (χ0n) is 16.1. The second-order valence-corrected chi connectivity index (χ2v) is 8.39. The second kappa shape index (κ2) is 9.16. The molecular weight excluding hydrogens is 425 g/mol. The summed E-state index contributed by atoms with van der Waals surface area (Å²) >= 11 is 0. The van der Waals surface area contributed by atoms with Gasteiger partial charge in [0.05, 0.1) is 22.7 Å². The molecule has 30 heavy (non-hydrogen) atoms. The lowest BCUT2D eigenvalue weighted by atomic mass is 10.1. The molecule has 0 aliphatic carbocycles. The first-order valence-electron chi connectivity index (χ1n) is 8.51. The van der Waals surface area contributed by atoms with Crippen molar-refractivity contribution >= 4 is 27.3 Å². The molecule has 0 atom stereocenters. The highest BCUT2D eigenvalue weighted by atomic mass is 32.2. The molecule has 0 unspecified atom stereocenters. The molecule has 11 heteroatoms. The summed E-state index contributed by atoms with van der Waals surface area (Å²) < 4.78 is 67.0. The monoisotopic (exact) mass is 444 g/mol. The van der Waals surface area contributed by atoms with Gasteiger partial charge in [-0.2, -0.15) is 13.2 Å². The van der Waals surface area contributed by atoms with E-state index in [-0.39, 0.29) is 10.6 Å². The molecule has 2 amide bonds. The zero-order chi connectivity index (χ0) is 22.5. The molecule has 2 aromatic carbocycles. The number of ether oxygens (including phenoxy) is 1. The van der Waals surface area contributed by atoms with E-state index in [0.717, 1.165) is 23.3 Å². The van der Waals surface area contributed by atoms with Crippen molar-refractivity contribution < 1.29 is 35.9 Å². The molecule has 162 valence electrons. The fraction of sp³-hybridized carbons (Fsp3) is 0.263. The number of nitrogens with one attached hydrogen (secondary N) is 1. The van der Waals surface area contributed by atoms with Crippen LogP contribution in [-0.4, -0.2) is 51.6 Å². The lowest BCUT2D eigenvalue weighted by molar-refractivity contribution is -0.137. The van der Waals surface area contributed by atoms with Gasteiger partial charge in [-0.05, 0) is 36.4 Å². The van der Waals surface area contributed by atoms with Gasteiger partial charge in [0.15, 0.2) is 16.4 Å². The number of para-hydroxylation sites is 1. The number of halogens is 3. The number of nitrogens with zero attached hydrogens (tertiary/aromatic N) is 1. The highest BCUT2D eigenvalue weighted by molar-refractivity contribution is 7.90. The minimum Gasteiger partial charge on any atom is -0.484 e. The van der Waals surface area contributed by atoms with Gasteiger partial charge < -0.3 is 15.0 Å². The number of rotatable bonds is 7. The van der Waals surface area contributed by atoms with Crippen molar-refractivity contribution in [2.75, 3.05) is 31.8 Å². The lowest BCUT2D eigenvalue weighted by Crippen LogP contribution is -2.37. The Morgan fingerprint density at radius 1 is 1.07 bits per heavy atom. The van der Waals surface area contributed by atoms with Crippen LogP contribution in [0.5, 0.6) is 5.75 Å². The summed E-state index contributed by atoms with van der Waals surface area (Å²) in [7, 11) is -2.06. The highest BCUT2D eigenvalue weighted by Crippen LogP contribution is 2.34. The minimum absolute atomic E-state index is 0.0918. The molecule has 0 radical (unpaired) electrons. The maximum atomic E-state index is 13.0. The van der Waals surface area contributed by atoms with Crippen molar-refractivity contribution in [1.29, 1.82) is 0 Å². The van der Waals surface area contributed by atoms with Gasteiger partial charge in [0.2, 0.25) is 5.91 Å². The Hall–Kier alpha value is -3.08. The molecule has 0 heterocycles. The van der Waals surface area contributed by atoms with Crippen molar-refractivity contribution in [3.8, 4) is 5.75 Å². The van der Waals surface area contributed by atoms with E-state index >= 15 is 0 Å². The van der Waals surface area contributed by atoms with Crippen molar-refractivity contribution in [3.05, 3.63) is 54.1 Å². The van der Waals surface area contributed by atoms with Crippen LogP contribution < -0.4 is 10.1 Å². The number of carbonyl (C=O) groups is 2. The molecule has 0 aromatic heterocycles. The first-order valence-corrected chi connectivity index (χ1v) is 10.4. The Morgan fingerprint density at radius 2 is 1.67 bits per heavy atom. The summed E-state index contributed by atoms with van der Waals surface area (Å²) in [5, 5.41) is 2.15. The van der Waals surface area contributed by atoms with E-state index in [9.17, 15) is 31.2 Å². The van der Waals surface area contributed by atoms with Crippen molar-refractivity contribution in [1.82, 2.24) is 4.90 Å². The SMILES string of the molecule is CN(CC(=O)Nc1ccccc1C(F)(F)F)C(=O)COc1ccc(S(C)(=O)=O)cc1. The van der Waals surface area contributed by atoms with Crippen molar-refractivity contribution in [2.45, 2.75) is 11.1 Å². The molecule has 0 fully saturated rings. The fourth-order valence-corrected chi connectivity index (χ4v) is 3.00. The first kappa shape index (κ1) is 23.2. The van der Waals surface area contributed by atoms with Gasteiger partial charge in [-0.15, -0.1) is 0 Å². The van der Waals surface area contributed by atoms with Gasteiger partial charge in [0.25, 0.3) is 5.91 Å². The van der Waals surface area contributed by atoms with Crippen molar-refractivity contribution in [2.24, 2.45) is 0 Å². The van der Waals surface area contributed by atoms with Gasteiger partial charge >= 0.3 is 6.18 Å². The Labute approximate surface area is 171 Å². The number of anilines is 1. The Bertz CT molecular complexity index is 1020. The Balaban J connectivity index is 1.91. The zero-order valence-corrected chi connectivity index (χ0v) is 16.9. The molecule has 0 bridgehead atoms. The third kappa shape index (κ3) is 6.48. The summed E-state index contributed by atoms with van der Waals surface area (Å²) in [5.41, 5.74) is -1.40. The Morgan fingerprint density at radius 3 is 2.23 bits per heavy atom. The lowest BCUT2D eigenvalue weighted by Gasteiger charge is -2.18. The minimum atomic E-state index is -4.63. The van der Waals surface area contributed by atoms with E-state index in [1.807, 2.05) is 0 Å².